The lowest BCUT2D eigenvalue weighted by atomic mass is 10.1. The molecule has 0 fully saturated rings. The molecule has 2 N–H and O–H groups in total. The highest BCUT2D eigenvalue weighted by atomic mass is 16.6. The number of fused-ring (bicyclic) bond motifs is 1. The summed E-state index contributed by atoms with van der Waals surface area (Å²) in [5, 5.41) is 6.57. The minimum atomic E-state index is 0.570. The number of aromatic nitrogens is 2. The molecule has 1 aromatic heterocycles. The summed E-state index contributed by atoms with van der Waals surface area (Å²) in [4.78, 5) is 8.81. The highest BCUT2D eigenvalue weighted by Crippen LogP contribution is 2.33. The summed E-state index contributed by atoms with van der Waals surface area (Å²) in [5.41, 5.74) is 2.24. The zero-order valence-corrected chi connectivity index (χ0v) is 15.0. The monoisotopic (exact) mass is 362 g/mol. The molecule has 6 heteroatoms. The van der Waals surface area contributed by atoms with Crippen LogP contribution in [0.15, 0.2) is 60.8 Å². The van der Waals surface area contributed by atoms with E-state index in [1.807, 2.05) is 30.3 Å². The van der Waals surface area contributed by atoms with Crippen molar-refractivity contribution >= 4 is 17.5 Å². The van der Waals surface area contributed by atoms with Crippen LogP contribution in [0.5, 0.6) is 11.5 Å². The summed E-state index contributed by atoms with van der Waals surface area (Å²) in [6.45, 7) is 1.98. The number of ether oxygens (including phenoxy) is 2. The number of nitrogens with one attached hydrogen (secondary N) is 2. The van der Waals surface area contributed by atoms with E-state index < -0.39 is 0 Å². The molecule has 0 aliphatic carbocycles. The van der Waals surface area contributed by atoms with Crippen molar-refractivity contribution in [3.8, 4) is 11.5 Å². The maximum absolute atomic E-state index is 5.62. The Labute approximate surface area is 158 Å². The van der Waals surface area contributed by atoms with E-state index in [4.69, 9.17) is 9.47 Å². The quantitative estimate of drug-likeness (QED) is 0.619. The number of benzene rings is 2. The van der Waals surface area contributed by atoms with E-state index in [1.54, 1.807) is 6.20 Å². The first-order valence-electron chi connectivity index (χ1n) is 9.14. The molecule has 4 rings (SSSR count). The van der Waals surface area contributed by atoms with Gasteiger partial charge in [-0.2, -0.15) is 4.98 Å². The molecule has 0 unspecified atom stereocenters. The van der Waals surface area contributed by atoms with Gasteiger partial charge in [0.2, 0.25) is 5.95 Å². The molecule has 27 heavy (non-hydrogen) atoms. The zero-order valence-electron chi connectivity index (χ0n) is 15.0. The molecule has 138 valence electrons. The average Bonchev–Trinajstić information content (AvgIpc) is 2.72. The number of hydrogen-bond donors (Lipinski definition) is 2. The Balaban J connectivity index is 1.32. The van der Waals surface area contributed by atoms with E-state index >= 15 is 0 Å². The Hall–Kier alpha value is -3.28. The van der Waals surface area contributed by atoms with Crippen LogP contribution in [0, 0.1) is 0 Å². The molecule has 0 atom stereocenters. The van der Waals surface area contributed by atoms with Gasteiger partial charge in [-0.3, -0.25) is 0 Å². The predicted octanol–water partition coefficient (Wildman–Crippen LogP) is 4.04. The van der Waals surface area contributed by atoms with E-state index in [1.165, 1.54) is 5.56 Å². The van der Waals surface area contributed by atoms with E-state index in [9.17, 15) is 0 Å². The van der Waals surface area contributed by atoms with Crippen LogP contribution in [0.2, 0.25) is 0 Å². The lowest BCUT2D eigenvalue weighted by Gasteiger charge is -2.19. The lowest BCUT2D eigenvalue weighted by Crippen LogP contribution is -2.15. The Bertz CT molecular complexity index is 886. The third-order valence-electron chi connectivity index (χ3n) is 4.24. The Morgan fingerprint density at radius 3 is 2.67 bits per heavy atom. The molecule has 3 aromatic rings. The van der Waals surface area contributed by atoms with E-state index in [0.29, 0.717) is 19.2 Å². The second-order valence-corrected chi connectivity index (χ2v) is 6.26. The summed E-state index contributed by atoms with van der Waals surface area (Å²) >= 11 is 0. The SMILES string of the molecule is c1ccc(CCCNc2nccc(Nc3ccc4c(c3)OCCO4)n2)cc1. The Morgan fingerprint density at radius 2 is 1.78 bits per heavy atom. The molecule has 2 heterocycles. The summed E-state index contributed by atoms with van der Waals surface area (Å²) in [5.74, 6) is 2.87. The highest BCUT2D eigenvalue weighted by Gasteiger charge is 2.12. The smallest absolute Gasteiger partial charge is 0.224 e. The molecule has 0 spiro atoms. The van der Waals surface area contributed by atoms with Crippen LogP contribution < -0.4 is 20.1 Å². The molecule has 1 aliphatic rings. The summed E-state index contributed by atoms with van der Waals surface area (Å²) < 4.78 is 11.2. The van der Waals surface area contributed by atoms with Crippen molar-refractivity contribution in [2.45, 2.75) is 12.8 Å². The van der Waals surface area contributed by atoms with Gasteiger partial charge in [0.1, 0.15) is 19.0 Å². The molecule has 0 amide bonds. The molecule has 6 nitrogen and oxygen atoms in total. The molecule has 2 aromatic carbocycles. The second kappa shape index (κ2) is 8.40. The average molecular weight is 362 g/mol. The number of rotatable bonds is 7. The third-order valence-corrected chi connectivity index (χ3v) is 4.24. The van der Waals surface area contributed by atoms with Gasteiger partial charge in [0, 0.05) is 24.5 Å². The minimum absolute atomic E-state index is 0.570. The molecule has 0 radical (unpaired) electrons. The van der Waals surface area contributed by atoms with Gasteiger partial charge in [0.25, 0.3) is 0 Å². The Kier molecular flexibility index (Phi) is 5.34. The molecule has 0 saturated heterocycles. The fourth-order valence-corrected chi connectivity index (χ4v) is 2.92. The van der Waals surface area contributed by atoms with Gasteiger partial charge in [-0.05, 0) is 36.6 Å². The lowest BCUT2D eigenvalue weighted by molar-refractivity contribution is 0.171. The summed E-state index contributed by atoms with van der Waals surface area (Å²) in [6.07, 6.45) is 3.79. The maximum Gasteiger partial charge on any atom is 0.224 e. The van der Waals surface area contributed by atoms with Crippen molar-refractivity contribution in [2.24, 2.45) is 0 Å². The Morgan fingerprint density at radius 1 is 0.926 bits per heavy atom. The van der Waals surface area contributed by atoms with Gasteiger partial charge < -0.3 is 20.1 Å². The molecular weight excluding hydrogens is 340 g/mol. The van der Waals surface area contributed by atoms with E-state index in [2.05, 4.69) is 44.9 Å². The van der Waals surface area contributed by atoms with Gasteiger partial charge in [0.15, 0.2) is 11.5 Å². The van der Waals surface area contributed by atoms with Crippen molar-refractivity contribution in [1.82, 2.24) is 9.97 Å². The van der Waals surface area contributed by atoms with Crippen LogP contribution in [-0.2, 0) is 6.42 Å². The highest BCUT2D eigenvalue weighted by molar-refractivity contribution is 5.62. The zero-order chi connectivity index (χ0) is 18.3. The van der Waals surface area contributed by atoms with Crippen molar-refractivity contribution in [2.75, 3.05) is 30.4 Å². The molecular formula is C21H22N4O2. The van der Waals surface area contributed by atoms with Crippen LogP contribution in [-0.4, -0.2) is 29.7 Å². The van der Waals surface area contributed by atoms with Gasteiger partial charge in [-0.1, -0.05) is 30.3 Å². The number of aryl methyl sites for hydroxylation is 1. The van der Waals surface area contributed by atoms with Crippen molar-refractivity contribution in [3.05, 3.63) is 66.4 Å². The second-order valence-electron chi connectivity index (χ2n) is 6.26. The fraction of sp³-hybridized carbons (Fsp3) is 0.238. The van der Waals surface area contributed by atoms with Gasteiger partial charge in [0.05, 0.1) is 0 Å². The van der Waals surface area contributed by atoms with E-state index in [-0.39, 0.29) is 0 Å². The first kappa shape index (κ1) is 17.1. The summed E-state index contributed by atoms with van der Waals surface area (Å²) in [6, 6.07) is 18.1. The molecule has 1 aliphatic heterocycles. The van der Waals surface area contributed by atoms with Gasteiger partial charge in [-0.25, -0.2) is 4.98 Å². The van der Waals surface area contributed by atoms with Crippen molar-refractivity contribution < 1.29 is 9.47 Å². The van der Waals surface area contributed by atoms with Crippen molar-refractivity contribution in [3.63, 3.8) is 0 Å². The number of nitrogens with zero attached hydrogens (tertiary/aromatic N) is 2. The van der Waals surface area contributed by atoms with Crippen LogP contribution in [0.1, 0.15) is 12.0 Å². The van der Waals surface area contributed by atoms with Gasteiger partial charge >= 0.3 is 0 Å². The fourth-order valence-electron chi connectivity index (χ4n) is 2.92. The molecule has 0 saturated carbocycles. The summed E-state index contributed by atoms with van der Waals surface area (Å²) in [7, 11) is 0. The van der Waals surface area contributed by atoms with E-state index in [0.717, 1.165) is 42.4 Å². The third kappa shape index (κ3) is 4.67. The van der Waals surface area contributed by atoms with Crippen LogP contribution in [0.25, 0.3) is 0 Å². The first-order valence-corrected chi connectivity index (χ1v) is 9.14. The maximum atomic E-state index is 5.62. The minimum Gasteiger partial charge on any atom is -0.486 e. The molecule has 0 bridgehead atoms. The first-order chi connectivity index (χ1) is 13.4. The topological polar surface area (TPSA) is 68.3 Å². The van der Waals surface area contributed by atoms with Gasteiger partial charge in [-0.15, -0.1) is 0 Å². The van der Waals surface area contributed by atoms with Crippen LogP contribution >= 0.6 is 0 Å². The van der Waals surface area contributed by atoms with Crippen LogP contribution in [0.4, 0.5) is 17.5 Å². The van der Waals surface area contributed by atoms with Crippen LogP contribution in [0.3, 0.4) is 0 Å². The van der Waals surface area contributed by atoms with Crippen molar-refractivity contribution in [1.29, 1.82) is 0 Å². The standard InChI is InChI=1S/C21H22N4O2/c1-2-5-16(6-3-1)7-4-11-22-21-23-12-10-20(25-21)24-17-8-9-18-19(15-17)27-14-13-26-18/h1-3,5-6,8-10,12,15H,4,7,11,13-14H2,(H2,22,23,24,25). The largest absolute Gasteiger partial charge is 0.486 e. The number of hydrogen-bond acceptors (Lipinski definition) is 6. The normalized spacial score (nSPS) is 12.4. The predicted molar refractivity (Wildman–Crippen MR) is 106 cm³/mol. The number of anilines is 3.